The zero-order valence-electron chi connectivity index (χ0n) is 14.7. The number of aromatic amines is 1. The second-order valence-electron chi connectivity index (χ2n) is 5.80. The van der Waals surface area contributed by atoms with Crippen molar-refractivity contribution in [1.29, 1.82) is 0 Å². The first-order valence-corrected chi connectivity index (χ1v) is 8.64. The maximum atomic E-state index is 13.6. The van der Waals surface area contributed by atoms with Crippen LogP contribution in [-0.2, 0) is 4.79 Å². The zero-order valence-corrected chi connectivity index (χ0v) is 15.5. The van der Waals surface area contributed by atoms with E-state index in [1.54, 1.807) is 30.3 Å². The number of H-pyrrole nitrogens is 1. The topological polar surface area (TPSA) is 96.1 Å². The molecule has 3 rings (SSSR count). The van der Waals surface area contributed by atoms with E-state index in [0.29, 0.717) is 16.3 Å². The van der Waals surface area contributed by atoms with Crippen molar-refractivity contribution in [1.82, 2.24) is 21.0 Å². The molecule has 0 aliphatic rings. The number of nitrogens with zero attached hydrogens (tertiary/aromatic N) is 1. The molecule has 0 aliphatic heterocycles. The smallest absolute Gasteiger partial charge is 0.279 e. The Kier molecular flexibility index (Phi) is 5.90. The van der Waals surface area contributed by atoms with Crippen molar-refractivity contribution in [3.63, 3.8) is 0 Å². The second kappa shape index (κ2) is 8.53. The summed E-state index contributed by atoms with van der Waals surface area (Å²) in [5.74, 6) is -1.87. The molecule has 144 valence electrons. The predicted molar refractivity (Wildman–Crippen MR) is 101 cm³/mol. The first-order valence-electron chi connectivity index (χ1n) is 8.26. The standard InChI is InChI=1S/C19H16ClFN4O3/c1-11(28-16-5-3-2-4-15(16)21)18(26)24-25-19(27)14-10-22-23-17(14)12-6-8-13(20)9-7-12/h2-11H,1H3,(H,22,23)(H,24,26)(H,25,27). The van der Waals surface area contributed by atoms with Crippen LogP contribution in [0.15, 0.2) is 54.7 Å². The van der Waals surface area contributed by atoms with Crippen LogP contribution < -0.4 is 15.6 Å². The minimum atomic E-state index is -1.03. The van der Waals surface area contributed by atoms with E-state index in [4.69, 9.17) is 16.3 Å². The molecule has 9 heteroatoms. The van der Waals surface area contributed by atoms with Crippen molar-refractivity contribution < 1.29 is 18.7 Å². The van der Waals surface area contributed by atoms with Gasteiger partial charge in [-0.25, -0.2) is 4.39 Å². The Labute approximate surface area is 164 Å². The van der Waals surface area contributed by atoms with Gasteiger partial charge in [0.2, 0.25) is 0 Å². The summed E-state index contributed by atoms with van der Waals surface area (Å²) >= 11 is 5.87. The van der Waals surface area contributed by atoms with E-state index in [0.717, 1.165) is 0 Å². The first kappa shape index (κ1) is 19.4. The average molecular weight is 403 g/mol. The molecule has 1 heterocycles. The summed E-state index contributed by atoms with van der Waals surface area (Å²) in [7, 11) is 0. The third kappa shape index (κ3) is 4.47. The molecule has 0 saturated carbocycles. The van der Waals surface area contributed by atoms with Gasteiger partial charge in [-0.3, -0.25) is 25.5 Å². The average Bonchev–Trinajstić information content (AvgIpc) is 3.18. The van der Waals surface area contributed by atoms with Crippen molar-refractivity contribution in [2.75, 3.05) is 0 Å². The van der Waals surface area contributed by atoms with Crippen molar-refractivity contribution in [3.05, 3.63) is 71.1 Å². The highest BCUT2D eigenvalue weighted by Crippen LogP contribution is 2.22. The molecule has 0 radical (unpaired) electrons. The van der Waals surface area contributed by atoms with Gasteiger partial charge < -0.3 is 4.74 Å². The minimum Gasteiger partial charge on any atom is -0.478 e. The molecule has 1 unspecified atom stereocenters. The summed E-state index contributed by atoms with van der Waals surface area (Å²) in [5, 5.41) is 7.17. The normalized spacial score (nSPS) is 11.5. The summed E-state index contributed by atoms with van der Waals surface area (Å²) in [6.45, 7) is 1.44. The number of carbonyl (C=O) groups excluding carboxylic acids is 2. The third-order valence-corrected chi connectivity index (χ3v) is 4.08. The monoisotopic (exact) mass is 402 g/mol. The summed E-state index contributed by atoms with van der Waals surface area (Å²) < 4.78 is 18.9. The molecule has 0 saturated heterocycles. The van der Waals surface area contributed by atoms with E-state index in [1.807, 2.05) is 0 Å². The van der Waals surface area contributed by atoms with Gasteiger partial charge in [-0.1, -0.05) is 35.9 Å². The van der Waals surface area contributed by atoms with Crippen LogP contribution in [0, 0.1) is 5.82 Å². The largest absolute Gasteiger partial charge is 0.478 e. The van der Waals surface area contributed by atoms with E-state index < -0.39 is 23.7 Å². The van der Waals surface area contributed by atoms with Crippen molar-refractivity contribution in [2.45, 2.75) is 13.0 Å². The van der Waals surface area contributed by atoms with Gasteiger partial charge >= 0.3 is 0 Å². The Morgan fingerprint density at radius 2 is 1.86 bits per heavy atom. The van der Waals surface area contributed by atoms with Gasteiger partial charge in [-0.05, 0) is 31.2 Å². The first-order chi connectivity index (χ1) is 13.5. The molecule has 28 heavy (non-hydrogen) atoms. The number of ether oxygens (including phenoxy) is 1. The molecular formula is C19H16ClFN4O3. The fourth-order valence-electron chi connectivity index (χ4n) is 2.37. The number of amides is 2. The number of para-hydroxylation sites is 1. The lowest BCUT2D eigenvalue weighted by Crippen LogP contribution is -2.47. The van der Waals surface area contributed by atoms with Crippen LogP contribution in [0.2, 0.25) is 5.02 Å². The SMILES string of the molecule is CC(Oc1ccccc1F)C(=O)NNC(=O)c1cn[nH]c1-c1ccc(Cl)cc1. The Morgan fingerprint density at radius 3 is 2.57 bits per heavy atom. The number of nitrogens with one attached hydrogen (secondary N) is 3. The Balaban J connectivity index is 1.61. The van der Waals surface area contributed by atoms with Gasteiger partial charge in [0, 0.05) is 10.6 Å². The number of hydrazine groups is 1. The van der Waals surface area contributed by atoms with Gasteiger partial charge in [0.1, 0.15) is 0 Å². The van der Waals surface area contributed by atoms with Crippen LogP contribution in [0.1, 0.15) is 17.3 Å². The molecule has 0 fully saturated rings. The number of hydrogen-bond acceptors (Lipinski definition) is 4. The van der Waals surface area contributed by atoms with E-state index in [9.17, 15) is 14.0 Å². The van der Waals surface area contributed by atoms with Crippen LogP contribution in [0.4, 0.5) is 4.39 Å². The maximum Gasteiger partial charge on any atom is 0.279 e. The number of carbonyl (C=O) groups is 2. The molecule has 3 N–H and O–H groups in total. The van der Waals surface area contributed by atoms with Crippen molar-refractivity contribution >= 4 is 23.4 Å². The maximum absolute atomic E-state index is 13.6. The van der Waals surface area contributed by atoms with Crippen LogP contribution >= 0.6 is 11.6 Å². The predicted octanol–water partition coefficient (Wildman–Crippen LogP) is 3.10. The molecule has 2 aromatic carbocycles. The van der Waals surface area contributed by atoms with Crippen molar-refractivity contribution in [2.24, 2.45) is 0 Å². The highest BCUT2D eigenvalue weighted by Gasteiger charge is 2.19. The van der Waals surface area contributed by atoms with Gasteiger partial charge in [0.25, 0.3) is 11.8 Å². The fourth-order valence-corrected chi connectivity index (χ4v) is 2.49. The highest BCUT2D eigenvalue weighted by atomic mass is 35.5. The lowest BCUT2D eigenvalue weighted by Gasteiger charge is -2.15. The number of halogens is 2. The van der Waals surface area contributed by atoms with E-state index in [1.165, 1.54) is 31.3 Å². The summed E-state index contributed by atoms with van der Waals surface area (Å²) in [6, 6.07) is 12.6. The summed E-state index contributed by atoms with van der Waals surface area (Å²) in [6.07, 6.45) is 0.308. The second-order valence-corrected chi connectivity index (χ2v) is 6.24. The summed E-state index contributed by atoms with van der Waals surface area (Å²) in [4.78, 5) is 24.5. The van der Waals surface area contributed by atoms with E-state index in [-0.39, 0.29) is 11.3 Å². The number of aromatic nitrogens is 2. The molecule has 0 bridgehead atoms. The molecule has 1 atom stereocenters. The van der Waals surface area contributed by atoms with Crippen LogP contribution in [0.5, 0.6) is 5.75 Å². The van der Waals surface area contributed by atoms with E-state index in [2.05, 4.69) is 21.0 Å². The van der Waals surface area contributed by atoms with E-state index >= 15 is 0 Å². The van der Waals surface area contributed by atoms with Crippen molar-refractivity contribution in [3.8, 4) is 17.0 Å². The fraction of sp³-hybridized carbons (Fsp3) is 0.105. The highest BCUT2D eigenvalue weighted by molar-refractivity contribution is 6.30. The number of rotatable bonds is 5. The Hall–Kier alpha value is -3.39. The molecule has 7 nitrogen and oxygen atoms in total. The zero-order chi connectivity index (χ0) is 20.1. The quantitative estimate of drug-likeness (QED) is 0.571. The van der Waals surface area contributed by atoms with Crippen LogP contribution in [-0.4, -0.2) is 28.1 Å². The van der Waals surface area contributed by atoms with Gasteiger partial charge in [0.15, 0.2) is 17.7 Å². The number of benzene rings is 2. The lowest BCUT2D eigenvalue weighted by atomic mass is 10.1. The third-order valence-electron chi connectivity index (χ3n) is 3.83. The molecule has 0 aliphatic carbocycles. The molecule has 2 amide bonds. The number of hydrogen-bond donors (Lipinski definition) is 3. The van der Waals surface area contributed by atoms with Gasteiger partial charge in [-0.2, -0.15) is 5.10 Å². The molecule has 3 aromatic rings. The Morgan fingerprint density at radius 1 is 1.14 bits per heavy atom. The lowest BCUT2D eigenvalue weighted by molar-refractivity contribution is -0.128. The van der Waals surface area contributed by atoms with Gasteiger partial charge in [0.05, 0.1) is 17.5 Å². The molecular weight excluding hydrogens is 387 g/mol. The van der Waals surface area contributed by atoms with Gasteiger partial charge in [-0.15, -0.1) is 0 Å². The summed E-state index contributed by atoms with van der Waals surface area (Å²) in [5.41, 5.74) is 5.94. The van der Waals surface area contributed by atoms with Crippen LogP contribution in [0.3, 0.4) is 0 Å². The minimum absolute atomic E-state index is 0.0589. The molecule has 0 spiro atoms. The van der Waals surface area contributed by atoms with Crippen LogP contribution in [0.25, 0.3) is 11.3 Å². The Bertz CT molecular complexity index is 991. The molecule has 1 aromatic heterocycles.